The Hall–Kier alpha value is -0.400. The first-order chi connectivity index (χ1) is 7.04. The second-order valence-electron chi connectivity index (χ2n) is 2.98. The van der Waals surface area contributed by atoms with Gasteiger partial charge in [-0.25, -0.2) is 8.42 Å². The summed E-state index contributed by atoms with van der Waals surface area (Å²) in [5.74, 6) is 0. The first-order valence-electron chi connectivity index (χ1n) is 4.58. The Labute approximate surface area is 98.3 Å². The Morgan fingerprint density at radius 3 is 2.67 bits per heavy atom. The van der Waals surface area contributed by atoms with Crippen molar-refractivity contribution >= 4 is 26.0 Å². The monoisotopic (exact) mass is 295 g/mol. The summed E-state index contributed by atoms with van der Waals surface area (Å²) in [6.45, 7) is 2.74. The number of alkyl halides is 1. The molecule has 5 nitrogen and oxygen atoms in total. The van der Waals surface area contributed by atoms with E-state index >= 15 is 0 Å². The Kier molecular flexibility index (Phi) is 4.30. The van der Waals surface area contributed by atoms with Crippen molar-refractivity contribution in [3.8, 4) is 0 Å². The van der Waals surface area contributed by atoms with E-state index in [4.69, 9.17) is 0 Å². The summed E-state index contributed by atoms with van der Waals surface area (Å²) < 4.78 is 26.9. The molecule has 0 aliphatic heterocycles. The van der Waals surface area contributed by atoms with E-state index in [9.17, 15) is 8.42 Å². The van der Waals surface area contributed by atoms with Crippen LogP contribution in [-0.2, 0) is 17.1 Å². The molecule has 1 rings (SSSR count). The van der Waals surface area contributed by atoms with Crippen molar-refractivity contribution in [3.05, 3.63) is 12.3 Å². The van der Waals surface area contributed by atoms with Gasteiger partial charge in [0.2, 0.25) is 0 Å². The normalized spacial score (nSPS) is 12.3. The summed E-state index contributed by atoms with van der Waals surface area (Å²) in [5, 5.41) is 4.71. The van der Waals surface area contributed by atoms with E-state index in [1.807, 2.05) is 6.92 Å². The molecular weight excluding hydrogens is 282 g/mol. The van der Waals surface area contributed by atoms with Crippen LogP contribution in [0.15, 0.2) is 17.3 Å². The van der Waals surface area contributed by atoms with Gasteiger partial charge in [0.05, 0.1) is 6.20 Å². The van der Waals surface area contributed by atoms with Crippen LogP contribution in [0, 0.1) is 0 Å². The molecule has 0 aromatic carbocycles. The second kappa shape index (κ2) is 5.09. The van der Waals surface area contributed by atoms with Gasteiger partial charge in [-0.1, -0.05) is 22.9 Å². The molecule has 15 heavy (non-hydrogen) atoms. The summed E-state index contributed by atoms with van der Waals surface area (Å²) in [6.07, 6.45) is 1.48. The van der Waals surface area contributed by atoms with E-state index in [-0.39, 0.29) is 5.03 Å². The molecule has 1 heterocycles. The van der Waals surface area contributed by atoms with Crippen LogP contribution < -0.4 is 0 Å². The number of halogens is 1. The molecule has 0 aliphatic carbocycles. The topological polar surface area (TPSA) is 55.2 Å². The van der Waals surface area contributed by atoms with Gasteiger partial charge < -0.3 is 0 Å². The zero-order valence-electron chi connectivity index (χ0n) is 8.72. The van der Waals surface area contributed by atoms with Crippen molar-refractivity contribution in [2.75, 3.05) is 18.4 Å². The first-order valence-corrected chi connectivity index (χ1v) is 7.14. The van der Waals surface area contributed by atoms with Crippen LogP contribution in [0.2, 0.25) is 0 Å². The van der Waals surface area contributed by atoms with Gasteiger partial charge in [0.1, 0.15) is 0 Å². The minimum absolute atomic E-state index is 0.227. The predicted molar refractivity (Wildman–Crippen MR) is 61.4 cm³/mol. The maximum absolute atomic E-state index is 12.1. The third kappa shape index (κ3) is 2.59. The number of aromatic nitrogens is 2. The molecule has 0 amide bonds. The van der Waals surface area contributed by atoms with Crippen molar-refractivity contribution in [1.82, 2.24) is 14.1 Å². The maximum Gasteiger partial charge on any atom is 0.260 e. The Morgan fingerprint density at radius 1 is 1.60 bits per heavy atom. The predicted octanol–water partition coefficient (Wildman–Crippen LogP) is 0.826. The fraction of sp³-hybridized carbons (Fsp3) is 0.625. The maximum atomic E-state index is 12.1. The van der Waals surface area contributed by atoms with E-state index < -0.39 is 10.0 Å². The summed E-state index contributed by atoms with van der Waals surface area (Å²) in [5.41, 5.74) is 0. The van der Waals surface area contributed by atoms with Crippen molar-refractivity contribution in [3.63, 3.8) is 0 Å². The quantitative estimate of drug-likeness (QED) is 0.756. The molecule has 0 bridgehead atoms. The van der Waals surface area contributed by atoms with Gasteiger partial charge in [-0.2, -0.15) is 9.40 Å². The third-order valence-corrected chi connectivity index (χ3v) is 4.47. The lowest BCUT2D eigenvalue weighted by molar-refractivity contribution is 0.440. The standard InChI is InChI=1S/C8H14BrN3O2S/c1-3-12(7-5-9)15(13,14)8-4-6-10-11(8)2/h4,6H,3,5,7H2,1-2H3. The van der Waals surface area contributed by atoms with Crippen LogP contribution >= 0.6 is 15.9 Å². The molecule has 0 spiro atoms. The largest absolute Gasteiger partial charge is 0.260 e. The highest BCUT2D eigenvalue weighted by molar-refractivity contribution is 9.09. The molecule has 0 unspecified atom stereocenters. The Bertz CT molecular complexity index is 415. The third-order valence-electron chi connectivity index (χ3n) is 2.07. The van der Waals surface area contributed by atoms with Gasteiger partial charge in [-0.05, 0) is 6.07 Å². The zero-order valence-corrected chi connectivity index (χ0v) is 11.1. The van der Waals surface area contributed by atoms with E-state index in [0.717, 1.165) is 0 Å². The number of hydrogen-bond acceptors (Lipinski definition) is 3. The van der Waals surface area contributed by atoms with Gasteiger partial charge in [-0.15, -0.1) is 0 Å². The van der Waals surface area contributed by atoms with E-state index in [1.165, 1.54) is 21.3 Å². The summed E-state index contributed by atoms with van der Waals surface area (Å²) in [4.78, 5) is 0. The lowest BCUT2D eigenvalue weighted by Gasteiger charge is -2.18. The first kappa shape index (κ1) is 12.7. The van der Waals surface area contributed by atoms with Crippen LogP contribution in [0.5, 0.6) is 0 Å². The van der Waals surface area contributed by atoms with Gasteiger partial charge in [0, 0.05) is 25.5 Å². The molecule has 0 atom stereocenters. The molecular formula is C8H14BrN3O2S. The minimum Gasteiger partial charge on any atom is -0.256 e. The average Bonchev–Trinajstić information content (AvgIpc) is 2.61. The second-order valence-corrected chi connectivity index (χ2v) is 5.66. The van der Waals surface area contributed by atoms with E-state index in [2.05, 4.69) is 21.0 Å². The summed E-state index contributed by atoms with van der Waals surface area (Å²) in [6, 6.07) is 1.51. The fourth-order valence-electron chi connectivity index (χ4n) is 1.29. The number of hydrogen-bond donors (Lipinski definition) is 0. The zero-order chi connectivity index (χ0) is 11.5. The van der Waals surface area contributed by atoms with Crippen LogP contribution in [0.25, 0.3) is 0 Å². The molecule has 0 fully saturated rings. The van der Waals surface area contributed by atoms with Gasteiger partial charge in [0.15, 0.2) is 5.03 Å². The number of sulfonamides is 1. The van der Waals surface area contributed by atoms with E-state index in [1.54, 1.807) is 7.05 Å². The van der Waals surface area contributed by atoms with Crippen molar-refractivity contribution in [2.45, 2.75) is 11.9 Å². The molecule has 86 valence electrons. The molecule has 0 saturated heterocycles. The minimum atomic E-state index is -3.40. The molecule has 0 saturated carbocycles. The molecule has 1 aromatic heterocycles. The van der Waals surface area contributed by atoms with Gasteiger partial charge in [-0.3, -0.25) is 4.68 Å². The van der Waals surface area contributed by atoms with Gasteiger partial charge in [0.25, 0.3) is 10.0 Å². The van der Waals surface area contributed by atoms with Crippen LogP contribution in [0.3, 0.4) is 0 Å². The highest BCUT2D eigenvalue weighted by atomic mass is 79.9. The molecule has 0 N–H and O–H groups in total. The molecule has 0 radical (unpaired) electrons. The lowest BCUT2D eigenvalue weighted by Crippen LogP contribution is -2.33. The van der Waals surface area contributed by atoms with Crippen LogP contribution in [0.4, 0.5) is 0 Å². The van der Waals surface area contributed by atoms with Crippen LogP contribution in [-0.4, -0.2) is 40.9 Å². The SMILES string of the molecule is CCN(CCBr)S(=O)(=O)c1ccnn1C. The number of rotatable bonds is 5. The molecule has 7 heteroatoms. The van der Waals surface area contributed by atoms with Crippen molar-refractivity contribution < 1.29 is 8.42 Å². The van der Waals surface area contributed by atoms with E-state index in [0.29, 0.717) is 18.4 Å². The van der Waals surface area contributed by atoms with Gasteiger partial charge >= 0.3 is 0 Å². The van der Waals surface area contributed by atoms with Crippen molar-refractivity contribution in [2.24, 2.45) is 7.05 Å². The summed E-state index contributed by atoms with van der Waals surface area (Å²) >= 11 is 3.24. The van der Waals surface area contributed by atoms with Crippen LogP contribution in [0.1, 0.15) is 6.92 Å². The Balaban J connectivity index is 3.06. The lowest BCUT2D eigenvalue weighted by atomic mass is 10.7. The van der Waals surface area contributed by atoms with Crippen molar-refractivity contribution in [1.29, 1.82) is 0 Å². The number of nitrogens with zero attached hydrogens (tertiary/aromatic N) is 3. The molecule has 1 aromatic rings. The highest BCUT2D eigenvalue weighted by Crippen LogP contribution is 2.13. The highest BCUT2D eigenvalue weighted by Gasteiger charge is 2.24. The smallest absolute Gasteiger partial charge is 0.256 e. The Morgan fingerprint density at radius 2 is 2.27 bits per heavy atom. The number of aryl methyl sites for hydroxylation is 1. The summed E-state index contributed by atoms with van der Waals surface area (Å²) in [7, 11) is -1.78. The molecule has 0 aliphatic rings. The fourth-order valence-corrected chi connectivity index (χ4v) is 3.50. The average molecular weight is 296 g/mol.